The normalized spacial score (nSPS) is 11.5. The molecular weight excluding hydrogens is 376 g/mol. The van der Waals surface area contributed by atoms with Crippen LogP contribution >= 0.6 is 11.3 Å². The fraction of sp³-hybridized carbons (Fsp3) is 0.294. The Labute approximate surface area is 156 Å². The maximum Gasteiger partial charge on any atom is 0.345 e. The van der Waals surface area contributed by atoms with Gasteiger partial charge in [0.05, 0.1) is 11.4 Å². The van der Waals surface area contributed by atoms with E-state index in [0.717, 1.165) is 11.3 Å². The molecule has 2 N–H and O–H groups in total. The Kier molecular flexibility index (Phi) is 6.52. The molecular formula is C17H20N2O5S2. The van der Waals surface area contributed by atoms with Crippen LogP contribution in [0.25, 0.3) is 0 Å². The molecule has 1 aromatic carbocycles. The molecule has 26 heavy (non-hydrogen) atoms. The van der Waals surface area contributed by atoms with Crippen LogP contribution in [0.15, 0.2) is 41.3 Å². The molecule has 0 aliphatic rings. The van der Waals surface area contributed by atoms with Gasteiger partial charge in [0.25, 0.3) is 5.91 Å². The first-order valence-electron chi connectivity index (χ1n) is 8.00. The molecule has 0 bridgehead atoms. The second kappa shape index (κ2) is 8.43. The van der Waals surface area contributed by atoms with Crippen molar-refractivity contribution < 1.29 is 23.1 Å². The van der Waals surface area contributed by atoms with E-state index in [2.05, 4.69) is 5.32 Å². The predicted molar refractivity (Wildman–Crippen MR) is 99.0 cm³/mol. The number of aromatic carboxylic acids is 1. The molecule has 2 aromatic rings. The van der Waals surface area contributed by atoms with Gasteiger partial charge in [-0.3, -0.25) is 4.79 Å². The smallest absolute Gasteiger partial charge is 0.345 e. The van der Waals surface area contributed by atoms with E-state index in [1.807, 2.05) is 0 Å². The number of amides is 1. The van der Waals surface area contributed by atoms with Gasteiger partial charge in [-0.05, 0) is 30.3 Å². The topological polar surface area (TPSA) is 104 Å². The molecule has 0 spiro atoms. The van der Waals surface area contributed by atoms with Gasteiger partial charge in [-0.15, -0.1) is 11.3 Å². The van der Waals surface area contributed by atoms with E-state index in [9.17, 15) is 18.0 Å². The fourth-order valence-corrected chi connectivity index (χ4v) is 4.66. The molecule has 0 fully saturated rings. The molecule has 0 unspecified atom stereocenters. The van der Waals surface area contributed by atoms with Crippen LogP contribution < -0.4 is 5.32 Å². The Hall–Kier alpha value is -2.23. The molecule has 0 aliphatic heterocycles. The van der Waals surface area contributed by atoms with Crippen molar-refractivity contribution in [2.24, 2.45) is 0 Å². The van der Waals surface area contributed by atoms with Crippen LogP contribution in [-0.2, 0) is 16.6 Å². The summed E-state index contributed by atoms with van der Waals surface area (Å²) in [7, 11) is -3.64. The van der Waals surface area contributed by atoms with E-state index in [1.165, 1.54) is 34.6 Å². The highest BCUT2D eigenvalue weighted by molar-refractivity contribution is 7.89. The first-order chi connectivity index (χ1) is 12.3. The second-order valence-corrected chi connectivity index (χ2v) is 8.48. The quantitative estimate of drug-likeness (QED) is 0.713. The summed E-state index contributed by atoms with van der Waals surface area (Å²) in [5, 5.41) is 11.6. The molecule has 2 rings (SSSR count). The molecule has 1 aromatic heterocycles. The van der Waals surface area contributed by atoms with E-state index in [4.69, 9.17) is 5.11 Å². The number of hydrogen-bond donors (Lipinski definition) is 2. The number of rotatable bonds is 8. The molecule has 7 nitrogen and oxygen atoms in total. The van der Waals surface area contributed by atoms with Gasteiger partial charge >= 0.3 is 5.97 Å². The van der Waals surface area contributed by atoms with E-state index < -0.39 is 21.9 Å². The zero-order chi connectivity index (χ0) is 19.3. The first kappa shape index (κ1) is 20.1. The molecule has 0 radical (unpaired) electrons. The van der Waals surface area contributed by atoms with E-state index in [-0.39, 0.29) is 21.9 Å². The van der Waals surface area contributed by atoms with Crippen LogP contribution in [0.1, 0.15) is 38.8 Å². The fourth-order valence-electron chi connectivity index (χ4n) is 2.37. The SMILES string of the molecule is CCN(CC)S(=O)(=O)c1cccc(C(=O)NCc2ccc(C(=O)O)s2)c1. The van der Waals surface area contributed by atoms with Crippen LogP contribution in [0, 0.1) is 0 Å². The van der Waals surface area contributed by atoms with E-state index in [1.54, 1.807) is 19.9 Å². The number of carboxylic acid groups (broad SMARTS) is 1. The van der Waals surface area contributed by atoms with Gasteiger partial charge in [0.1, 0.15) is 4.88 Å². The lowest BCUT2D eigenvalue weighted by Gasteiger charge is -2.18. The minimum Gasteiger partial charge on any atom is -0.477 e. The number of hydrogen-bond acceptors (Lipinski definition) is 5. The summed E-state index contributed by atoms with van der Waals surface area (Å²) in [5.74, 6) is -1.44. The number of carboxylic acids is 1. The molecule has 1 amide bonds. The van der Waals surface area contributed by atoms with E-state index in [0.29, 0.717) is 18.0 Å². The summed E-state index contributed by atoms with van der Waals surface area (Å²) in [6, 6.07) is 8.98. The first-order valence-corrected chi connectivity index (χ1v) is 10.3. The minimum absolute atomic E-state index is 0.0677. The van der Waals surface area contributed by atoms with Crippen LogP contribution in [0.3, 0.4) is 0 Å². The van der Waals surface area contributed by atoms with Gasteiger partial charge in [0, 0.05) is 23.5 Å². The zero-order valence-corrected chi connectivity index (χ0v) is 16.1. The molecule has 140 valence electrons. The molecule has 0 saturated carbocycles. The van der Waals surface area contributed by atoms with Crippen molar-refractivity contribution in [3.8, 4) is 0 Å². The van der Waals surface area contributed by atoms with Gasteiger partial charge < -0.3 is 10.4 Å². The maximum atomic E-state index is 12.6. The highest BCUT2D eigenvalue weighted by atomic mass is 32.2. The van der Waals surface area contributed by atoms with Crippen LogP contribution in [0.4, 0.5) is 0 Å². The van der Waals surface area contributed by atoms with Crippen molar-refractivity contribution in [1.29, 1.82) is 0 Å². The lowest BCUT2D eigenvalue weighted by atomic mass is 10.2. The van der Waals surface area contributed by atoms with Gasteiger partial charge in [-0.25, -0.2) is 13.2 Å². The lowest BCUT2D eigenvalue weighted by Crippen LogP contribution is -2.31. The summed E-state index contributed by atoms with van der Waals surface area (Å²) < 4.78 is 26.4. The zero-order valence-electron chi connectivity index (χ0n) is 14.4. The third-order valence-electron chi connectivity index (χ3n) is 3.74. The summed E-state index contributed by atoms with van der Waals surface area (Å²) in [4.78, 5) is 24.1. The number of carbonyl (C=O) groups is 2. The second-order valence-electron chi connectivity index (χ2n) is 5.37. The van der Waals surface area contributed by atoms with Crippen molar-refractivity contribution >= 4 is 33.2 Å². The molecule has 9 heteroatoms. The Morgan fingerprint density at radius 1 is 1.15 bits per heavy atom. The maximum absolute atomic E-state index is 12.6. The highest BCUT2D eigenvalue weighted by Gasteiger charge is 2.22. The largest absolute Gasteiger partial charge is 0.477 e. The summed E-state index contributed by atoms with van der Waals surface area (Å²) in [6.07, 6.45) is 0. The van der Waals surface area contributed by atoms with E-state index >= 15 is 0 Å². The average molecular weight is 396 g/mol. The number of nitrogens with one attached hydrogen (secondary N) is 1. The molecule has 0 saturated heterocycles. The van der Waals surface area contributed by atoms with Crippen molar-refractivity contribution in [2.45, 2.75) is 25.3 Å². The third-order valence-corrected chi connectivity index (χ3v) is 6.85. The van der Waals surface area contributed by atoms with Crippen molar-refractivity contribution in [3.05, 3.63) is 51.7 Å². The van der Waals surface area contributed by atoms with Crippen LogP contribution in [0.5, 0.6) is 0 Å². The number of thiophene rings is 1. The monoisotopic (exact) mass is 396 g/mol. The average Bonchev–Trinajstić information content (AvgIpc) is 3.10. The van der Waals surface area contributed by atoms with Crippen molar-refractivity contribution in [3.63, 3.8) is 0 Å². The molecule has 0 aliphatic carbocycles. The van der Waals surface area contributed by atoms with Gasteiger partial charge in [-0.1, -0.05) is 19.9 Å². The minimum atomic E-state index is -3.64. The van der Waals surface area contributed by atoms with Crippen LogP contribution in [-0.4, -0.2) is 42.8 Å². The van der Waals surface area contributed by atoms with Crippen molar-refractivity contribution in [1.82, 2.24) is 9.62 Å². The van der Waals surface area contributed by atoms with Gasteiger partial charge in [0.2, 0.25) is 10.0 Å². The third kappa shape index (κ3) is 4.48. The molecule has 1 heterocycles. The number of carbonyl (C=O) groups excluding carboxylic acids is 1. The number of benzene rings is 1. The van der Waals surface area contributed by atoms with Gasteiger partial charge in [-0.2, -0.15) is 4.31 Å². The van der Waals surface area contributed by atoms with Crippen LogP contribution in [0.2, 0.25) is 0 Å². The van der Waals surface area contributed by atoms with Gasteiger partial charge in [0.15, 0.2) is 0 Å². The summed E-state index contributed by atoms with van der Waals surface area (Å²) in [6.45, 7) is 4.37. The molecule has 0 atom stereocenters. The Morgan fingerprint density at radius 2 is 1.85 bits per heavy atom. The number of sulfonamides is 1. The predicted octanol–water partition coefficient (Wildman–Crippen LogP) is 2.41. The summed E-state index contributed by atoms with van der Waals surface area (Å²) in [5.41, 5.74) is 0.230. The number of nitrogens with zero attached hydrogens (tertiary/aromatic N) is 1. The Morgan fingerprint density at radius 3 is 2.42 bits per heavy atom. The highest BCUT2D eigenvalue weighted by Crippen LogP contribution is 2.18. The lowest BCUT2D eigenvalue weighted by molar-refractivity contribution is 0.0702. The Bertz CT molecular complexity index is 901. The standard InChI is InChI=1S/C17H20N2O5S2/c1-3-19(4-2)26(23,24)14-7-5-6-12(10-14)16(20)18-11-13-8-9-15(25-13)17(21)22/h5-10H,3-4,11H2,1-2H3,(H,18,20)(H,21,22). The summed E-state index contributed by atoms with van der Waals surface area (Å²) >= 11 is 1.08. The Balaban J connectivity index is 2.13. The van der Waals surface area contributed by atoms with Crippen molar-refractivity contribution in [2.75, 3.05) is 13.1 Å².